The number of nitrogens with zero attached hydrogens (tertiary/aromatic N) is 5. The monoisotopic (exact) mass is 316 g/mol. The molecule has 0 saturated carbocycles. The second kappa shape index (κ2) is 5.36. The SMILES string of the molecule is Cn1nc2n(c1=O)C[C@@H](C(=O)Nc1cnc3n1CCCC3)CC2. The second-order valence-electron chi connectivity index (χ2n) is 6.33. The van der Waals surface area contributed by atoms with E-state index >= 15 is 0 Å². The highest BCUT2D eigenvalue weighted by Crippen LogP contribution is 2.22. The summed E-state index contributed by atoms with van der Waals surface area (Å²) in [5.74, 6) is 2.33. The summed E-state index contributed by atoms with van der Waals surface area (Å²) in [7, 11) is 1.64. The van der Waals surface area contributed by atoms with Gasteiger partial charge in [0.25, 0.3) is 0 Å². The molecule has 0 radical (unpaired) electrons. The molecular formula is C15H20N6O2. The molecule has 0 saturated heterocycles. The van der Waals surface area contributed by atoms with E-state index in [-0.39, 0.29) is 17.5 Å². The maximum atomic E-state index is 12.6. The number of anilines is 1. The molecule has 1 atom stereocenters. The van der Waals surface area contributed by atoms with Crippen LogP contribution in [0.4, 0.5) is 5.82 Å². The average molecular weight is 316 g/mol. The zero-order chi connectivity index (χ0) is 16.0. The molecule has 2 aliphatic rings. The number of hydrogen-bond acceptors (Lipinski definition) is 4. The first-order valence-corrected chi connectivity index (χ1v) is 8.11. The summed E-state index contributed by atoms with van der Waals surface area (Å²) in [4.78, 5) is 29.0. The second-order valence-corrected chi connectivity index (χ2v) is 6.33. The molecule has 122 valence electrons. The van der Waals surface area contributed by atoms with Gasteiger partial charge >= 0.3 is 5.69 Å². The number of rotatable bonds is 2. The maximum absolute atomic E-state index is 12.6. The van der Waals surface area contributed by atoms with Gasteiger partial charge in [-0.05, 0) is 19.3 Å². The van der Waals surface area contributed by atoms with E-state index in [2.05, 4.69) is 20.0 Å². The lowest BCUT2D eigenvalue weighted by molar-refractivity contribution is -0.120. The molecule has 1 amide bonds. The van der Waals surface area contributed by atoms with Crippen molar-refractivity contribution >= 4 is 11.7 Å². The van der Waals surface area contributed by atoms with E-state index in [1.165, 1.54) is 4.68 Å². The number of aromatic nitrogens is 5. The standard InChI is InChI=1S/C15H20N6O2/c1-19-15(23)21-9-10(5-6-12(21)18-19)14(22)17-13-8-16-11-4-2-3-7-20(11)13/h8,10H,2-7,9H2,1H3,(H,17,22)/t10-/m0/s1. The van der Waals surface area contributed by atoms with Gasteiger partial charge in [0.1, 0.15) is 17.5 Å². The van der Waals surface area contributed by atoms with Crippen molar-refractivity contribution in [3.05, 3.63) is 28.3 Å². The fourth-order valence-electron chi connectivity index (χ4n) is 3.50. The molecule has 2 aromatic rings. The first kappa shape index (κ1) is 14.2. The molecule has 8 nitrogen and oxygen atoms in total. The molecule has 0 spiro atoms. The molecule has 8 heteroatoms. The highest BCUT2D eigenvalue weighted by molar-refractivity contribution is 5.91. The van der Waals surface area contributed by atoms with Gasteiger partial charge in [-0.15, -0.1) is 0 Å². The lowest BCUT2D eigenvalue weighted by Crippen LogP contribution is -2.36. The Morgan fingerprint density at radius 2 is 2.13 bits per heavy atom. The Kier molecular flexibility index (Phi) is 3.32. The van der Waals surface area contributed by atoms with Crippen LogP contribution in [0, 0.1) is 5.92 Å². The predicted octanol–water partition coefficient (Wildman–Crippen LogP) is 0.316. The smallest absolute Gasteiger partial charge is 0.315 e. The molecule has 0 aromatic carbocycles. The zero-order valence-electron chi connectivity index (χ0n) is 13.2. The van der Waals surface area contributed by atoms with Crippen LogP contribution in [0.15, 0.2) is 11.0 Å². The molecule has 23 heavy (non-hydrogen) atoms. The van der Waals surface area contributed by atoms with Gasteiger partial charge in [-0.1, -0.05) is 0 Å². The molecule has 1 N–H and O–H groups in total. The van der Waals surface area contributed by atoms with Gasteiger partial charge in [0.2, 0.25) is 5.91 Å². The fraction of sp³-hybridized carbons (Fsp3) is 0.600. The van der Waals surface area contributed by atoms with Crippen molar-refractivity contribution < 1.29 is 4.79 Å². The highest BCUT2D eigenvalue weighted by Gasteiger charge is 2.28. The lowest BCUT2D eigenvalue weighted by Gasteiger charge is -2.22. The topological polar surface area (TPSA) is 86.7 Å². The Balaban J connectivity index is 1.51. The van der Waals surface area contributed by atoms with E-state index < -0.39 is 0 Å². The van der Waals surface area contributed by atoms with Crippen molar-refractivity contribution in [1.29, 1.82) is 0 Å². The summed E-state index contributed by atoms with van der Waals surface area (Å²) in [6, 6.07) is 0. The normalized spacial score (nSPS) is 20.0. The molecule has 2 aliphatic heterocycles. The largest absolute Gasteiger partial charge is 0.345 e. The first-order valence-electron chi connectivity index (χ1n) is 8.11. The summed E-state index contributed by atoms with van der Waals surface area (Å²) >= 11 is 0. The van der Waals surface area contributed by atoms with Gasteiger partial charge in [0.05, 0.1) is 12.1 Å². The molecule has 0 bridgehead atoms. The summed E-state index contributed by atoms with van der Waals surface area (Å²) < 4.78 is 5.04. The van der Waals surface area contributed by atoms with Gasteiger partial charge in [-0.25, -0.2) is 14.5 Å². The van der Waals surface area contributed by atoms with Gasteiger partial charge in [0, 0.05) is 33.0 Å². The number of carbonyl (C=O) groups is 1. The highest BCUT2D eigenvalue weighted by atomic mass is 16.2. The van der Waals surface area contributed by atoms with Crippen molar-refractivity contribution in [3.8, 4) is 0 Å². The minimum atomic E-state index is -0.209. The molecule has 2 aromatic heterocycles. The van der Waals surface area contributed by atoms with Crippen LogP contribution in [-0.2, 0) is 37.8 Å². The van der Waals surface area contributed by atoms with E-state index in [0.717, 1.165) is 43.3 Å². The molecule has 0 fully saturated rings. The third kappa shape index (κ3) is 2.38. The summed E-state index contributed by atoms with van der Waals surface area (Å²) in [6.45, 7) is 1.30. The predicted molar refractivity (Wildman–Crippen MR) is 83.1 cm³/mol. The summed E-state index contributed by atoms with van der Waals surface area (Å²) in [5.41, 5.74) is -0.153. The van der Waals surface area contributed by atoms with Crippen LogP contribution in [-0.4, -0.2) is 29.8 Å². The Morgan fingerprint density at radius 3 is 3.00 bits per heavy atom. The molecule has 4 rings (SSSR count). The first-order chi connectivity index (χ1) is 11.1. The van der Waals surface area contributed by atoms with Gasteiger partial charge in [-0.3, -0.25) is 9.36 Å². The van der Waals surface area contributed by atoms with Crippen molar-refractivity contribution in [3.63, 3.8) is 0 Å². The van der Waals surface area contributed by atoms with E-state index in [1.54, 1.807) is 17.8 Å². The van der Waals surface area contributed by atoms with Crippen LogP contribution in [0.5, 0.6) is 0 Å². The van der Waals surface area contributed by atoms with Crippen LogP contribution >= 0.6 is 0 Å². The van der Waals surface area contributed by atoms with E-state index in [0.29, 0.717) is 19.4 Å². The van der Waals surface area contributed by atoms with Crippen LogP contribution in [0.25, 0.3) is 0 Å². The lowest BCUT2D eigenvalue weighted by atomic mass is 9.98. The van der Waals surface area contributed by atoms with Crippen molar-refractivity contribution in [2.24, 2.45) is 13.0 Å². The van der Waals surface area contributed by atoms with Crippen LogP contribution in [0.3, 0.4) is 0 Å². The van der Waals surface area contributed by atoms with Crippen molar-refractivity contribution in [2.75, 3.05) is 5.32 Å². The average Bonchev–Trinajstić information content (AvgIpc) is 3.09. The number of amides is 1. The number of imidazole rings is 1. The Hall–Kier alpha value is -2.38. The third-order valence-electron chi connectivity index (χ3n) is 4.80. The fourth-order valence-corrected chi connectivity index (χ4v) is 3.50. The van der Waals surface area contributed by atoms with E-state index in [9.17, 15) is 9.59 Å². The van der Waals surface area contributed by atoms with Crippen molar-refractivity contribution in [2.45, 2.75) is 45.2 Å². The quantitative estimate of drug-likeness (QED) is 0.864. The molecule has 4 heterocycles. The van der Waals surface area contributed by atoms with Crippen LogP contribution in [0.1, 0.15) is 30.9 Å². The maximum Gasteiger partial charge on any atom is 0.345 e. The zero-order valence-corrected chi connectivity index (χ0v) is 13.2. The molecular weight excluding hydrogens is 296 g/mol. The molecule has 0 unspecified atom stereocenters. The Labute approximate surface area is 133 Å². The van der Waals surface area contributed by atoms with Crippen LogP contribution < -0.4 is 11.0 Å². The van der Waals surface area contributed by atoms with Gasteiger partial charge in [0.15, 0.2) is 0 Å². The number of hydrogen-bond donors (Lipinski definition) is 1. The number of aryl methyl sites for hydroxylation is 3. The molecule has 0 aliphatic carbocycles. The number of carbonyl (C=O) groups excluding carboxylic acids is 1. The summed E-state index contributed by atoms with van der Waals surface area (Å²) in [5, 5.41) is 7.20. The van der Waals surface area contributed by atoms with E-state index in [1.807, 2.05) is 0 Å². The van der Waals surface area contributed by atoms with Gasteiger partial charge in [-0.2, -0.15) is 5.10 Å². The van der Waals surface area contributed by atoms with Crippen molar-refractivity contribution in [1.82, 2.24) is 23.9 Å². The number of fused-ring (bicyclic) bond motifs is 2. The van der Waals surface area contributed by atoms with Crippen LogP contribution in [0.2, 0.25) is 0 Å². The number of nitrogens with one attached hydrogen (secondary N) is 1. The minimum absolute atomic E-state index is 0.0420. The minimum Gasteiger partial charge on any atom is -0.315 e. The summed E-state index contributed by atoms with van der Waals surface area (Å²) in [6.07, 6.45) is 6.34. The Morgan fingerprint density at radius 1 is 1.26 bits per heavy atom. The van der Waals surface area contributed by atoms with Gasteiger partial charge < -0.3 is 9.88 Å². The van der Waals surface area contributed by atoms with E-state index in [4.69, 9.17) is 0 Å². The Bertz CT molecular complexity index is 815. The third-order valence-corrected chi connectivity index (χ3v) is 4.80.